The third-order valence-corrected chi connectivity index (χ3v) is 4.32. The molecule has 0 saturated carbocycles. The molecular formula is C14H20BrN. The van der Waals surface area contributed by atoms with Gasteiger partial charge in [0.15, 0.2) is 0 Å². The zero-order valence-electron chi connectivity index (χ0n) is 9.74. The van der Waals surface area contributed by atoms with Gasteiger partial charge in [-0.3, -0.25) is 4.90 Å². The lowest BCUT2D eigenvalue weighted by Gasteiger charge is -2.19. The van der Waals surface area contributed by atoms with Crippen LogP contribution in [0.1, 0.15) is 24.8 Å². The highest BCUT2D eigenvalue weighted by Crippen LogP contribution is 2.20. The van der Waals surface area contributed by atoms with Crippen molar-refractivity contribution in [1.29, 1.82) is 0 Å². The molecule has 0 radical (unpaired) electrons. The van der Waals surface area contributed by atoms with Gasteiger partial charge in [-0.05, 0) is 43.8 Å². The zero-order chi connectivity index (χ0) is 11.2. The highest BCUT2D eigenvalue weighted by atomic mass is 79.9. The minimum absolute atomic E-state index is 0.890. The molecule has 16 heavy (non-hydrogen) atoms. The number of halogens is 1. The maximum absolute atomic E-state index is 3.61. The Balaban J connectivity index is 1.86. The van der Waals surface area contributed by atoms with Gasteiger partial charge in [-0.2, -0.15) is 0 Å². The standard InChI is InChI=1S/C14H20BrN/c15-11-13-7-4-9-16(10-8-13)12-14-5-2-1-3-6-14/h1-3,5-6,13H,4,7-12H2. The predicted octanol–water partition coefficient (Wildman–Crippen LogP) is 3.68. The normalized spacial score (nSPS) is 22.9. The molecule has 1 aromatic carbocycles. The van der Waals surface area contributed by atoms with E-state index in [1.54, 1.807) is 0 Å². The molecule has 1 aliphatic heterocycles. The molecule has 0 N–H and O–H groups in total. The molecule has 0 bridgehead atoms. The third-order valence-electron chi connectivity index (χ3n) is 3.41. The van der Waals surface area contributed by atoms with Crippen molar-refractivity contribution in [3.05, 3.63) is 35.9 Å². The SMILES string of the molecule is BrCC1CCCN(Cc2ccccc2)CC1. The molecule has 88 valence electrons. The average molecular weight is 282 g/mol. The van der Waals surface area contributed by atoms with Gasteiger partial charge in [-0.25, -0.2) is 0 Å². The van der Waals surface area contributed by atoms with Crippen molar-refractivity contribution in [3.8, 4) is 0 Å². The summed E-state index contributed by atoms with van der Waals surface area (Å²) >= 11 is 3.61. The number of hydrogen-bond acceptors (Lipinski definition) is 1. The molecular weight excluding hydrogens is 262 g/mol. The van der Waals surface area contributed by atoms with E-state index >= 15 is 0 Å². The molecule has 1 atom stereocenters. The molecule has 2 heteroatoms. The van der Waals surface area contributed by atoms with Crippen LogP contribution in [0.3, 0.4) is 0 Å². The Kier molecular flexibility index (Phi) is 4.86. The maximum Gasteiger partial charge on any atom is 0.0233 e. The highest BCUT2D eigenvalue weighted by Gasteiger charge is 2.15. The highest BCUT2D eigenvalue weighted by molar-refractivity contribution is 9.09. The van der Waals surface area contributed by atoms with E-state index in [2.05, 4.69) is 51.2 Å². The Morgan fingerprint density at radius 1 is 1.12 bits per heavy atom. The number of nitrogens with zero attached hydrogens (tertiary/aromatic N) is 1. The summed E-state index contributed by atoms with van der Waals surface area (Å²) < 4.78 is 0. The minimum atomic E-state index is 0.890. The van der Waals surface area contributed by atoms with Crippen LogP contribution in [0.5, 0.6) is 0 Å². The minimum Gasteiger partial charge on any atom is -0.299 e. The van der Waals surface area contributed by atoms with Crippen molar-refractivity contribution in [2.75, 3.05) is 18.4 Å². The Labute approximate surface area is 107 Å². The molecule has 0 spiro atoms. The van der Waals surface area contributed by atoms with Crippen LogP contribution in [-0.2, 0) is 6.54 Å². The Morgan fingerprint density at radius 2 is 1.94 bits per heavy atom. The largest absolute Gasteiger partial charge is 0.299 e. The third kappa shape index (κ3) is 3.60. The van der Waals surface area contributed by atoms with Crippen LogP contribution in [0.15, 0.2) is 30.3 Å². The summed E-state index contributed by atoms with van der Waals surface area (Å²) in [6.07, 6.45) is 4.08. The predicted molar refractivity (Wildman–Crippen MR) is 72.9 cm³/mol. The average Bonchev–Trinajstić information content (AvgIpc) is 2.56. The molecule has 0 aliphatic carbocycles. The van der Waals surface area contributed by atoms with E-state index in [1.807, 2.05) is 0 Å². The first-order valence-corrected chi connectivity index (χ1v) is 7.33. The summed E-state index contributed by atoms with van der Waals surface area (Å²) in [5, 5.41) is 1.17. The first kappa shape index (κ1) is 12.1. The lowest BCUT2D eigenvalue weighted by molar-refractivity contribution is 0.274. The molecule has 2 rings (SSSR count). The number of alkyl halides is 1. The van der Waals surface area contributed by atoms with Crippen LogP contribution >= 0.6 is 15.9 Å². The van der Waals surface area contributed by atoms with Gasteiger partial charge in [-0.15, -0.1) is 0 Å². The summed E-state index contributed by atoms with van der Waals surface area (Å²) in [7, 11) is 0. The quantitative estimate of drug-likeness (QED) is 0.764. The van der Waals surface area contributed by atoms with Crippen LogP contribution in [0, 0.1) is 5.92 Å². The Hall–Kier alpha value is -0.340. The van der Waals surface area contributed by atoms with Gasteiger partial charge in [0.2, 0.25) is 0 Å². The zero-order valence-corrected chi connectivity index (χ0v) is 11.3. The van der Waals surface area contributed by atoms with Crippen LogP contribution in [0.4, 0.5) is 0 Å². The maximum atomic E-state index is 3.61. The molecule has 1 heterocycles. The first-order chi connectivity index (χ1) is 7.88. The van der Waals surface area contributed by atoms with E-state index in [9.17, 15) is 0 Å². The van der Waals surface area contributed by atoms with Gasteiger partial charge >= 0.3 is 0 Å². The van der Waals surface area contributed by atoms with E-state index in [-0.39, 0.29) is 0 Å². The van der Waals surface area contributed by atoms with Crippen molar-refractivity contribution >= 4 is 15.9 Å². The monoisotopic (exact) mass is 281 g/mol. The second kappa shape index (κ2) is 6.41. The Bertz CT molecular complexity index is 299. The molecule has 0 amide bonds. The summed E-state index contributed by atoms with van der Waals surface area (Å²) in [6, 6.07) is 10.8. The fourth-order valence-corrected chi connectivity index (χ4v) is 3.03. The lowest BCUT2D eigenvalue weighted by atomic mass is 10.0. The Morgan fingerprint density at radius 3 is 2.69 bits per heavy atom. The number of rotatable bonds is 3. The molecule has 1 unspecified atom stereocenters. The first-order valence-electron chi connectivity index (χ1n) is 6.20. The van der Waals surface area contributed by atoms with Crippen molar-refractivity contribution in [3.63, 3.8) is 0 Å². The topological polar surface area (TPSA) is 3.24 Å². The van der Waals surface area contributed by atoms with E-state index in [1.165, 1.54) is 43.2 Å². The molecule has 1 saturated heterocycles. The number of benzene rings is 1. The summed E-state index contributed by atoms with van der Waals surface area (Å²) in [5.41, 5.74) is 1.44. The molecule has 0 aromatic heterocycles. The summed E-state index contributed by atoms with van der Waals surface area (Å²) in [4.78, 5) is 2.60. The summed E-state index contributed by atoms with van der Waals surface area (Å²) in [6.45, 7) is 3.64. The second-order valence-electron chi connectivity index (χ2n) is 4.71. The number of hydrogen-bond donors (Lipinski definition) is 0. The van der Waals surface area contributed by atoms with Gasteiger partial charge in [0.05, 0.1) is 0 Å². The van der Waals surface area contributed by atoms with Crippen molar-refractivity contribution < 1.29 is 0 Å². The fourth-order valence-electron chi connectivity index (χ4n) is 2.38. The van der Waals surface area contributed by atoms with E-state index in [0.29, 0.717) is 0 Å². The molecule has 1 aliphatic rings. The molecule has 1 nitrogen and oxygen atoms in total. The van der Waals surface area contributed by atoms with E-state index in [4.69, 9.17) is 0 Å². The van der Waals surface area contributed by atoms with Crippen molar-refractivity contribution in [1.82, 2.24) is 4.90 Å². The van der Waals surface area contributed by atoms with E-state index < -0.39 is 0 Å². The van der Waals surface area contributed by atoms with Gasteiger partial charge in [0, 0.05) is 11.9 Å². The van der Waals surface area contributed by atoms with Gasteiger partial charge < -0.3 is 0 Å². The fraction of sp³-hybridized carbons (Fsp3) is 0.571. The molecule has 1 aromatic rings. The molecule has 1 fully saturated rings. The van der Waals surface area contributed by atoms with Crippen molar-refractivity contribution in [2.24, 2.45) is 5.92 Å². The van der Waals surface area contributed by atoms with Crippen LogP contribution in [0.2, 0.25) is 0 Å². The second-order valence-corrected chi connectivity index (χ2v) is 5.36. The van der Waals surface area contributed by atoms with Crippen LogP contribution < -0.4 is 0 Å². The summed E-state index contributed by atoms with van der Waals surface area (Å²) in [5.74, 6) is 0.890. The van der Waals surface area contributed by atoms with Crippen LogP contribution in [-0.4, -0.2) is 23.3 Å². The van der Waals surface area contributed by atoms with Gasteiger partial charge in [0.1, 0.15) is 0 Å². The smallest absolute Gasteiger partial charge is 0.0233 e. The number of likely N-dealkylation sites (tertiary alicyclic amines) is 1. The van der Waals surface area contributed by atoms with Gasteiger partial charge in [-0.1, -0.05) is 46.3 Å². The van der Waals surface area contributed by atoms with Gasteiger partial charge in [0.25, 0.3) is 0 Å². The van der Waals surface area contributed by atoms with Crippen LogP contribution in [0.25, 0.3) is 0 Å². The lowest BCUT2D eigenvalue weighted by Crippen LogP contribution is -2.24. The van der Waals surface area contributed by atoms with Crippen molar-refractivity contribution in [2.45, 2.75) is 25.8 Å². The van der Waals surface area contributed by atoms with E-state index in [0.717, 1.165) is 12.5 Å².